The molecule has 5 nitrogen and oxygen atoms in total. The summed E-state index contributed by atoms with van der Waals surface area (Å²) in [4.78, 5) is 25.4. The number of thiazole rings is 1. The highest BCUT2D eigenvalue weighted by atomic mass is 32.1. The first-order valence-corrected chi connectivity index (χ1v) is 6.30. The minimum absolute atomic E-state index is 0.140. The van der Waals surface area contributed by atoms with Crippen LogP contribution in [0.4, 0.5) is 13.2 Å². The van der Waals surface area contributed by atoms with Gasteiger partial charge in [-0.15, -0.1) is 11.3 Å². The molecule has 1 heterocycles. The normalized spacial score (nSPS) is 11.2. The maximum absolute atomic E-state index is 12.4. The molecule has 0 saturated carbocycles. The fourth-order valence-corrected chi connectivity index (χ4v) is 2.11. The molecule has 0 bridgehead atoms. The summed E-state index contributed by atoms with van der Waals surface area (Å²) in [6, 6.07) is 4.35. The van der Waals surface area contributed by atoms with Crippen LogP contribution in [0.25, 0.3) is 10.6 Å². The fourth-order valence-electron chi connectivity index (χ4n) is 1.39. The van der Waals surface area contributed by atoms with E-state index in [0.717, 1.165) is 23.5 Å². The standard InChI is InChI=1S/C12H7F3N2O3S/c13-12(14,15)7-3-1-6(2-4-7)10-17-8(5-21-10)20-11(19)9(16)18/h1-5H,(H2,16,18). The number of primary amides is 1. The fraction of sp³-hybridized carbons (Fsp3) is 0.0833. The van der Waals surface area contributed by atoms with E-state index in [0.29, 0.717) is 10.6 Å². The van der Waals surface area contributed by atoms with Gasteiger partial charge in [0.05, 0.1) is 10.9 Å². The van der Waals surface area contributed by atoms with Crippen LogP contribution in [0.2, 0.25) is 0 Å². The maximum Gasteiger partial charge on any atom is 0.416 e. The average Bonchev–Trinajstić information content (AvgIpc) is 2.86. The van der Waals surface area contributed by atoms with Crippen molar-refractivity contribution in [1.29, 1.82) is 0 Å². The number of benzene rings is 1. The number of esters is 1. The zero-order valence-corrected chi connectivity index (χ0v) is 11.0. The highest BCUT2D eigenvalue weighted by Gasteiger charge is 2.30. The van der Waals surface area contributed by atoms with Crippen LogP contribution in [-0.2, 0) is 15.8 Å². The van der Waals surface area contributed by atoms with Crippen LogP contribution >= 0.6 is 11.3 Å². The lowest BCUT2D eigenvalue weighted by atomic mass is 10.1. The zero-order chi connectivity index (χ0) is 15.6. The monoisotopic (exact) mass is 316 g/mol. The largest absolute Gasteiger partial charge is 0.416 e. The Morgan fingerprint density at radius 3 is 2.33 bits per heavy atom. The Labute approximate surface area is 120 Å². The van der Waals surface area contributed by atoms with Gasteiger partial charge in [-0.3, -0.25) is 4.79 Å². The molecular formula is C12H7F3N2O3S. The van der Waals surface area contributed by atoms with Crippen molar-refractivity contribution in [2.24, 2.45) is 5.73 Å². The van der Waals surface area contributed by atoms with Gasteiger partial charge in [-0.2, -0.15) is 13.2 Å². The molecule has 2 aromatic rings. The Morgan fingerprint density at radius 1 is 1.19 bits per heavy atom. The molecule has 2 N–H and O–H groups in total. The Balaban J connectivity index is 2.18. The highest BCUT2D eigenvalue weighted by molar-refractivity contribution is 7.13. The summed E-state index contributed by atoms with van der Waals surface area (Å²) in [5, 5.41) is 1.68. The van der Waals surface area contributed by atoms with Gasteiger partial charge in [0, 0.05) is 5.56 Å². The number of nitrogens with two attached hydrogens (primary N) is 1. The summed E-state index contributed by atoms with van der Waals surface area (Å²) < 4.78 is 41.9. The van der Waals surface area contributed by atoms with Crippen molar-refractivity contribution in [3.63, 3.8) is 0 Å². The molecule has 0 unspecified atom stereocenters. The molecule has 0 aliphatic carbocycles. The summed E-state index contributed by atoms with van der Waals surface area (Å²) in [5.74, 6) is -2.67. The number of rotatable bonds is 2. The second-order valence-corrected chi connectivity index (χ2v) is 4.68. The maximum atomic E-state index is 12.4. The van der Waals surface area contributed by atoms with Crippen LogP contribution in [0.3, 0.4) is 0 Å². The molecule has 9 heteroatoms. The topological polar surface area (TPSA) is 82.3 Å². The van der Waals surface area contributed by atoms with Crippen LogP contribution in [-0.4, -0.2) is 16.9 Å². The predicted octanol–water partition coefficient (Wildman–Crippen LogP) is 2.22. The lowest BCUT2D eigenvalue weighted by Gasteiger charge is -2.06. The van der Waals surface area contributed by atoms with Crippen LogP contribution in [0.5, 0.6) is 5.88 Å². The van der Waals surface area contributed by atoms with E-state index in [4.69, 9.17) is 5.73 Å². The summed E-state index contributed by atoms with van der Waals surface area (Å²) >= 11 is 1.05. The first kappa shape index (κ1) is 15.0. The van der Waals surface area contributed by atoms with Gasteiger partial charge < -0.3 is 10.5 Å². The van der Waals surface area contributed by atoms with Gasteiger partial charge in [-0.1, -0.05) is 12.1 Å². The smallest absolute Gasteiger partial charge is 0.399 e. The molecule has 21 heavy (non-hydrogen) atoms. The van der Waals surface area contributed by atoms with Gasteiger partial charge in [-0.05, 0) is 12.1 Å². The molecule has 0 aliphatic rings. The van der Waals surface area contributed by atoms with E-state index in [9.17, 15) is 22.8 Å². The number of amides is 1. The number of aromatic nitrogens is 1. The molecule has 1 amide bonds. The number of ether oxygens (including phenoxy) is 1. The van der Waals surface area contributed by atoms with E-state index in [1.165, 1.54) is 17.5 Å². The van der Waals surface area contributed by atoms with Gasteiger partial charge in [0.1, 0.15) is 5.01 Å². The molecular weight excluding hydrogens is 309 g/mol. The van der Waals surface area contributed by atoms with Crippen molar-refractivity contribution in [3.8, 4) is 16.5 Å². The lowest BCUT2D eigenvalue weighted by molar-refractivity contribution is -0.146. The van der Waals surface area contributed by atoms with Crippen molar-refractivity contribution in [1.82, 2.24) is 4.98 Å². The van der Waals surface area contributed by atoms with Crippen LogP contribution in [0.1, 0.15) is 5.56 Å². The Morgan fingerprint density at radius 2 is 1.81 bits per heavy atom. The molecule has 110 valence electrons. The molecule has 0 aliphatic heterocycles. The van der Waals surface area contributed by atoms with Crippen molar-refractivity contribution >= 4 is 23.2 Å². The number of nitrogens with zero attached hydrogens (tertiary/aromatic N) is 1. The third kappa shape index (κ3) is 3.57. The summed E-state index contributed by atoms with van der Waals surface area (Å²) in [5.41, 5.74) is 4.37. The lowest BCUT2D eigenvalue weighted by Crippen LogP contribution is -2.27. The van der Waals surface area contributed by atoms with Crippen LogP contribution in [0.15, 0.2) is 29.6 Å². The number of hydrogen-bond acceptors (Lipinski definition) is 5. The Bertz CT molecular complexity index is 680. The first-order valence-electron chi connectivity index (χ1n) is 5.42. The van der Waals surface area contributed by atoms with Crippen molar-refractivity contribution in [3.05, 3.63) is 35.2 Å². The number of halogens is 3. The number of carbonyl (C=O) groups excluding carboxylic acids is 2. The first-order chi connectivity index (χ1) is 9.77. The third-order valence-corrected chi connectivity index (χ3v) is 3.21. The summed E-state index contributed by atoms with van der Waals surface area (Å²) in [6.07, 6.45) is -4.41. The molecule has 0 spiro atoms. The highest BCUT2D eigenvalue weighted by Crippen LogP contribution is 2.32. The second-order valence-electron chi connectivity index (χ2n) is 3.82. The Hall–Kier alpha value is -2.42. The van der Waals surface area contributed by atoms with E-state index in [-0.39, 0.29) is 5.88 Å². The molecule has 0 saturated heterocycles. The van der Waals surface area contributed by atoms with Crippen LogP contribution < -0.4 is 10.5 Å². The van der Waals surface area contributed by atoms with E-state index in [1.807, 2.05) is 0 Å². The minimum Gasteiger partial charge on any atom is -0.399 e. The number of alkyl halides is 3. The van der Waals surface area contributed by atoms with Crippen LogP contribution in [0, 0.1) is 0 Å². The summed E-state index contributed by atoms with van der Waals surface area (Å²) in [7, 11) is 0. The quantitative estimate of drug-likeness (QED) is 0.680. The van der Waals surface area contributed by atoms with Crippen molar-refractivity contribution in [2.75, 3.05) is 0 Å². The molecule has 0 fully saturated rings. The molecule has 0 atom stereocenters. The SMILES string of the molecule is NC(=O)C(=O)Oc1csc(-c2ccc(C(F)(F)F)cc2)n1. The second kappa shape index (κ2) is 5.52. The van der Waals surface area contributed by atoms with E-state index < -0.39 is 23.6 Å². The molecule has 2 rings (SSSR count). The third-order valence-electron chi connectivity index (χ3n) is 2.34. The number of hydrogen-bond donors (Lipinski definition) is 1. The van der Waals surface area contributed by atoms with Crippen molar-refractivity contribution < 1.29 is 27.5 Å². The van der Waals surface area contributed by atoms with Gasteiger partial charge in [0.2, 0.25) is 5.88 Å². The molecule has 1 aromatic heterocycles. The van der Waals surface area contributed by atoms with E-state index >= 15 is 0 Å². The van der Waals surface area contributed by atoms with Gasteiger partial charge in [0.25, 0.3) is 0 Å². The Kier molecular flexibility index (Phi) is 3.94. The molecule has 0 radical (unpaired) electrons. The van der Waals surface area contributed by atoms with E-state index in [1.54, 1.807) is 0 Å². The van der Waals surface area contributed by atoms with Gasteiger partial charge in [-0.25, -0.2) is 9.78 Å². The van der Waals surface area contributed by atoms with Gasteiger partial charge >= 0.3 is 18.1 Å². The molecule has 1 aromatic carbocycles. The number of carbonyl (C=O) groups is 2. The minimum atomic E-state index is -4.41. The summed E-state index contributed by atoms with van der Waals surface area (Å²) in [6.45, 7) is 0. The zero-order valence-electron chi connectivity index (χ0n) is 10.2. The average molecular weight is 316 g/mol. The van der Waals surface area contributed by atoms with Gasteiger partial charge in [0.15, 0.2) is 0 Å². The van der Waals surface area contributed by atoms with E-state index in [2.05, 4.69) is 9.72 Å². The predicted molar refractivity (Wildman–Crippen MR) is 67.4 cm³/mol. The van der Waals surface area contributed by atoms with Crippen molar-refractivity contribution in [2.45, 2.75) is 6.18 Å².